The number of halogens is 1. The molecule has 0 aliphatic carbocycles. The molecule has 0 N–H and O–H groups in total. The van der Waals surface area contributed by atoms with Crippen molar-refractivity contribution < 1.29 is 0 Å². The van der Waals surface area contributed by atoms with Gasteiger partial charge in [0.1, 0.15) is 5.04 Å². The van der Waals surface area contributed by atoms with Crippen LogP contribution in [0.3, 0.4) is 0 Å². The fourth-order valence-electron chi connectivity index (χ4n) is 1.14. The highest BCUT2D eigenvalue weighted by molar-refractivity contribution is 8.47. The van der Waals surface area contributed by atoms with Crippen LogP contribution in [-0.4, -0.2) is 9.55 Å². The third-order valence-electron chi connectivity index (χ3n) is 1.81. The quantitative estimate of drug-likeness (QED) is 0.781. The van der Waals surface area contributed by atoms with E-state index in [1.54, 1.807) is 0 Å². The maximum Gasteiger partial charge on any atom is 0.195 e. The molecule has 1 atom stereocenters. The van der Waals surface area contributed by atoms with Gasteiger partial charge in [0.05, 0.1) is 0 Å². The van der Waals surface area contributed by atoms with Crippen LogP contribution in [0.4, 0.5) is 0 Å². The normalized spacial score (nSPS) is 20.5. The highest BCUT2D eigenvalue weighted by atomic mass is 35.5. The van der Waals surface area contributed by atoms with Gasteiger partial charge in [-0.05, 0) is 26.2 Å². The fraction of sp³-hybridized carbons (Fsp3) is 0.111. The van der Waals surface area contributed by atoms with E-state index in [2.05, 4.69) is 10.2 Å². The molecule has 0 saturated carbocycles. The molecule has 0 radical (unpaired) electrons. The monoisotopic (exact) mass is 242 g/mol. The van der Waals surface area contributed by atoms with E-state index in [9.17, 15) is 0 Å². The lowest BCUT2D eigenvalue weighted by atomic mass is 10.2. The van der Waals surface area contributed by atoms with Crippen LogP contribution >= 0.6 is 11.6 Å². The minimum Gasteiger partial charge on any atom is -0.145 e. The summed E-state index contributed by atoms with van der Waals surface area (Å²) in [5.74, 6) is 0. The lowest BCUT2D eigenvalue weighted by molar-refractivity contribution is 1.23. The molecule has 1 heterocycles. The number of rotatable bonds is 2. The van der Waals surface area contributed by atoms with Crippen LogP contribution in [0, 0.1) is 0 Å². The van der Waals surface area contributed by atoms with Crippen molar-refractivity contribution in [2.45, 2.75) is 6.42 Å². The third kappa shape index (κ3) is 2.08. The van der Waals surface area contributed by atoms with E-state index >= 15 is 0 Å². The van der Waals surface area contributed by atoms with Gasteiger partial charge in [0.2, 0.25) is 0 Å². The van der Waals surface area contributed by atoms with Crippen molar-refractivity contribution in [3.63, 3.8) is 0 Å². The predicted octanol–water partition coefficient (Wildman–Crippen LogP) is 2.23. The zero-order chi connectivity index (χ0) is 9.97. The Bertz CT molecular complexity index is 426. The van der Waals surface area contributed by atoms with Crippen molar-refractivity contribution in [1.29, 1.82) is 0 Å². The molecule has 0 bridgehead atoms. The Hall–Kier alpha value is -0.580. The van der Waals surface area contributed by atoms with Crippen LogP contribution in [-0.2, 0) is 27.1 Å². The van der Waals surface area contributed by atoms with Gasteiger partial charge < -0.3 is 0 Å². The number of benzene rings is 1. The number of hydrogen-bond acceptors (Lipinski definition) is 3. The zero-order valence-corrected chi connectivity index (χ0v) is 9.57. The van der Waals surface area contributed by atoms with Crippen LogP contribution in [0.5, 0.6) is 0 Å². The summed E-state index contributed by atoms with van der Waals surface area (Å²) in [6, 6.07) is 10.1. The van der Waals surface area contributed by atoms with Gasteiger partial charge in [0, 0.05) is 6.42 Å². The minimum atomic E-state index is -0.507. The summed E-state index contributed by atoms with van der Waals surface area (Å²) in [5.41, 5.74) is 1.19. The van der Waals surface area contributed by atoms with Crippen LogP contribution in [0.15, 0.2) is 40.5 Å². The Morgan fingerprint density at radius 1 is 1.21 bits per heavy atom. The second-order valence-electron chi connectivity index (χ2n) is 2.78. The average Bonchev–Trinajstić information content (AvgIpc) is 2.52. The average molecular weight is 243 g/mol. The van der Waals surface area contributed by atoms with Crippen molar-refractivity contribution in [3.05, 3.63) is 35.9 Å². The molecule has 0 amide bonds. The summed E-state index contributed by atoms with van der Waals surface area (Å²) >= 11 is 10.9. The molecular formula is C9H7ClN2S2. The van der Waals surface area contributed by atoms with Gasteiger partial charge in [-0.2, -0.15) is 0 Å². The Labute approximate surface area is 94.3 Å². The van der Waals surface area contributed by atoms with E-state index in [0.717, 1.165) is 11.5 Å². The van der Waals surface area contributed by atoms with Crippen molar-refractivity contribution in [1.82, 2.24) is 0 Å². The second kappa shape index (κ2) is 4.29. The standard InChI is InChI=1S/C9H7ClN2S2/c10-9-12-11-8(14(9)13)6-7-4-2-1-3-5-7/h1-5H,6H2. The molecular weight excluding hydrogens is 236 g/mol. The van der Waals surface area contributed by atoms with E-state index in [1.165, 1.54) is 5.56 Å². The lowest BCUT2D eigenvalue weighted by Gasteiger charge is -2.00. The smallest absolute Gasteiger partial charge is 0.145 e. The molecule has 1 aromatic carbocycles. The summed E-state index contributed by atoms with van der Waals surface area (Å²) in [4.78, 5) is 0. The first-order valence-electron chi connectivity index (χ1n) is 4.03. The summed E-state index contributed by atoms with van der Waals surface area (Å²) in [7, 11) is -0.507. The van der Waals surface area contributed by atoms with E-state index in [1.807, 2.05) is 30.3 Å². The Morgan fingerprint density at radius 3 is 2.50 bits per heavy atom. The third-order valence-corrected chi connectivity index (χ3v) is 4.71. The second-order valence-corrected chi connectivity index (χ2v) is 5.76. The van der Waals surface area contributed by atoms with E-state index in [-0.39, 0.29) is 0 Å². The maximum atomic E-state index is 5.77. The topological polar surface area (TPSA) is 24.7 Å². The van der Waals surface area contributed by atoms with Gasteiger partial charge in [-0.1, -0.05) is 41.9 Å². The van der Waals surface area contributed by atoms with E-state index in [4.69, 9.17) is 22.8 Å². The van der Waals surface area contributed by atoms with Gasteiger partial charge in [-0.3, -0.25) is 0 Å². The molecule has 2 rings (SSSR count). The Balaban J connectivity index is 2.12. The van der Waals surface area contributed by atoms with Crippen molar-refractivity contribution in [3.8, 4) is 0 Å². The van der Waals surface area contributed by atoms with Gasteiger partial charge in [0.25, 0.3) is 0 Å². The van der Waals surface area contributed by atoms with Gasteiger partial charge in [0.15, 0.2) is 4.50 Å². The molecule has 14 heavy (non-hydrogen) atoms. The van der Waals surface area contributed by atoms with Crippen molar-refractivity contribution in [2.24, 2.45) is 10.2 Å². The predicted molar refractivity (Wildman–Crippen MR) is 65.6 cm³/mol. The highest BCUT2D eigenvalue weighted by Gasteiger charge is 2.16. The van der Waals surface area contributed by atoms with E-state index in [0.29, 0.717) is 4.50 Å². The first kappa shape index (κ1) is 9.96. The lowest BCUT2D eigenvalue weighted by Crippen LogP contribution is -2.09. The maximum absolute atomic E-state index is 5.77. The van der Waals surface area contributed by atoms with Crippen LogP contribution < -0.4 is 0 Å². The number of nitrogens with zero attached hydrogens (tertiary/aromatic N) is 2. The molecule has 0 spiro atoms. The summed E-state index contributed by atoms with van der Waals surface area (Å²) < 4.78 is 0.436. The molecule has 2 nitrogen and oxygen atoms in total. The molecule has 0 aromatic heterocycles. The summed E-state index contributed by atoms with van der Waals surface area (Å²) in [5, 5.41) is 8.63. The van der Waals surface area contributed by atoms with Gasteiger partial charge in [-0.25, -0.2) is 0 Å². The fourth-order valence-corrected chi connectivity index (χ4v) is 2.54. The Kier molecular flexibility index (Phi) is 3.05. The highest BCUT2D eigenvalue weighted by Crippen LogP contribution is 2.12. The first-order valence-corrected chi connectivity index (χ1v) is 6.56. The van der Waals surface area contributed by atoms with Crippen molar-refractivity contribution >= 4 is 41.8 Å². The molecule has 1 aliphatic heterocycles. The zero-order valence-electron chi connectivity index (χ0n) is 7.18. The minimum absolute atomic E-state index is 0.436. The van der Waals surface area contributed by atoms with Crippen molar-refractivity contribution in [2.75, 3.05) is 0 Å². The Morgan fingerprint density at radius 2 is 1.93 bits per heavy atom. The molecule has 0 fully saturated rings. The first-order chi connectivity index (χ1) is 6.77. The SMILES string of the molecule is S=S1C(Cl)=NN=C1Cc1ccccc1. The largest absolute Gasteiger partial charge is 0.195 e. The number of hydrogen-bond donors (Lipinski definition) is 0. The molecule has 5 heteroatoms. The van der Waals surface area contributed by atoms with Crippen LogP contribution in [0.2, 0.25) is 0 Å². The van der Waals surface area contributed by atoms with E-state index < -0.39 is 9.45 Å². The molecule has 1 aliphatic rings. The molecule has 1 unspecified atom stereocenters. The molecule has 72 valence electrons. The van der Waals surface area contributed by atoms with Crippen LogP contribution in [0.25, 0.3) is 0 Å². The van der Waals surface area contributed by atoms with Crippen LogP contribution in [0.1, 0.15) is 5.56 Å². The molecule has 1 aromatic rings. The van der Waals surface area contributed by atoms with Gasteiger partial charge >= 0.3 is 0 Å². The van der Waals surface area contributed by atoms with Gasteiger partial charge in [-0.15, -0.1) is 10.2 Å². The molecule has 0 saturated heterocycles. The summed E-state index contributed by atoms with van der Waals surface area (Å²) in [6.45, 7) is 0. The summed E-state index contributed by atoms with van der Waals surface area (Å²) in [6.07, 6.45) is 0.743.